The molecule has 0 aromatic carbocycles. The minimum atomic E-state index is -1.26. The number of hydrogen-bond donors (Lipinski definition) is 1. The van der Waals surface area contributed by atoms with Crippen LogP contribution in [0.1, 0.15) is 12.8 Å². The molecule has 5 heteroatoms. The van der Waals surface area contributed by atoms with Crippen LogP contribution in [-0.2, 0) is 4.74 Å². The van der Waals surface area contributed by atoms with Crippen molar-refractivity contribution in [1.82, 2.24) is 9.97 Å². The van der Waals surface area contributed by atoms with Crippen molar-refractivity contribution in [2.45, 2.75) is 25.2 Å². The second kappa shape index (κ2) is 4.32. The first-order valence-electron chi connectivity index (χ1n) is 4.65. The number of anilines is 1. The van der Waals surface area contributed by atoms with Crippen molar-refractivity contribution in [3.8, 4) is 0 Å². The Morgan fingerprint density at radius 1 is 1.43 bits per heavy atom. The van der Waals surface area contributed by atoms with Gasteiger partial charge in [0.25, 0.3) is 0 Å². The van der Waals surface area contributed by atoms with Gasteiger partial charge in [0, 0.05) is 12.4 Å². The van der Waals surface area contributed by atoms with Gasteiger partial charge in [0.1, 0.15) is 0 Å². The molecule has 1 saturated heterocycles. The summed E-state index contributed by atoms with van der Waals surface area (Å²) in [5.74, 6) is 0.450. The van der Waals surface area contributed by atoms with Gasteiger partial charge >= 0.3 is 0 Å². The highest BCUT2D eigenvalue weighted by Crippen LogP contribution is 2.17. The Kier molecular flexibility index (Phi) is 2.88. The fraction of sp³-hybridized carbons (Fsp3) is 0.556. The van der Waals surface area contributed by atoms with E-state index in [0.717, 1.165) is 12.8 Å². The maximum Gasteiger partial charge on any atom is 0.222 e. The Morgan fingerprint density at radius 2 is 2.21 bits per heavy atom. The molecule has 1 aromatic rings. The van der Waals surface area contributed by atoms with E-state index in [-0.39, 0.29) is 6.04 Å². The molecule has 2 rings (SSSR count). The van der Waals surface area contributed by atoms with E-state index in [1.54, 1.807) is 18.5 Å². The van der Waals surface area contributed by atoms with Crippen molar-refractivity contribution in [3.05, 3.63) is 18.5 Å². The summed E-state index contributed by atoms with van der Waals surface area (Å²) < 4.78 is 18.1. The first-order valence-corrected chi connectivity index (χ1v) is 4.65. The van der Waals surface area contributed by atoms with Crippen molar-refractivity contribution in [2.75, 3.05) is 11.9 Å². The summed E-state index contributed by atoms with van der Waals surface area (Å²) in [5.41, 5.74) is 0. The lowest BCUT2D eigenvalue weighted by atomic mass is 10.1. The quantitative estimate of drug-likeness (QED) is 0.777. The van der Waals surface area contributed by atoms with Gasteiger partial charge in [-0.2, -0.15) is 0 Å². The van der Waals surface area contributed by atoms with Crippen molar-refractivity contribution >= 4 is 5.95 Å². The molecule has 0 bridgehead atoms. The van der Waals surface area contributed by atoms with Crippen LogP contribution in [0.15, 0.2) is 18.5 Å². The highest BCUT2D eigenvalue weighted by molar-refractivity contribution is 5.24. The zero-order chi connectivity index (χ0) is 9.80. The summed E-state index contributed by atoms with van der Waals surface area (Å²) in [7, 11) is 0. The molecule has 0 amide bonds. The Morgan fingerprint density at radius 3 is 2.93 bits per heavy atom. The van der Waals surface area contributed by atoms with E-state index in [4.69, 9.17) is 4.74 Å². The number of alkyl halides is 1. The van der Waals surface area contributed by atoms with Crippen molar-refractivity contribution in [1.29, 1.82) is 0 Å². The smallest absolute Gasteiger partial charge is 0.222 e. The lowest BCUT2D eigenvalue weighted by Crippen LogP contribution is -2.37. The summed E-state index contributed by atoms with van der Waals surface area (Å²) in [4.78, 5) is 7.93. The summed E-state index contributed by atoms with van der Waals surface area (Å²) in [6.07, 6.45) is 3.59. The number of aromatic nitrogens is 2. The average Bonchev–Trinajstić information content (AvgIpc) is 2.23. The van der Waals surface area contributed by atoms with Crippen molar-refractivity contribution in [3.63, 3.8) is 0 Å². The number of nitrogens with one attached hydrogen (secondary N) is 1. The number of halogens is 1. The summed E-state index contributed by atoms with van der Waals surface area (Å²) in [6.45, 7) is 0.495. The minimum absolute atomic E-state index is 0.328. The lowest BCUT2D eigenvalue weighted by Gasteiger charge is -2.26. The fourth-order valence-electron chi connectivity index (χ4n) is 1.42. The SMILES string of the molecule is FC1OCCCC1Nc1ncccn1. The molecule has 4 nitrogen and oxygen atoms in total. The standard InChI is InChI=1S/C9H12FN3O/c10-8-7(3-1-6-14-8)13-9-11-4-2-5-12-9/h2,4-5,7-8H,1,3,6H2,(H,11,12,13). The van der Waals surface area contributed by atoms with E-state index >= 15 is 0 Å². The zero-order valence-corrected chi connectivity index (χ0v) is 7.69. The third-order valence-corrected chi connectivity index (χ3v) is 2.13. The molecule has 0 saturated carbocycles. The second-order valence-corrected chi connectivity index (χ2v) is 3.19. The van der Waals surface area contributed by atoms with Crippen LogP contribution >= 0.6 is 0 Å². The van der Waals surface area contributed by atoms with Gasteiger partial charge in [-0.15, -0.1) is 0 Å². The molecule has 0 spiro atoms. The van der Waals surface area contributed by atoms with Crippen LogP contribution in [0, 0.1) is 0 Å². The second-order valence-electron chi connectivity index (χ2n) is 3.19. The molecule has 2 unspecified atom stereocenters. The predicted molar refractivity (Wildman–Crippen MR) is 49.5 cm³/mol. The Labute approximate surface area is 81.5 Å². The van der Waals surface area contributed by atoms with Crippen LogP contribution < -0.4 is 5.32 Å². The molecule has 1 fully saturated rings. The highest BCUT2D eigenvalue weighted by Gasteiger charge is 2.25. The van der Waals surface area contributed by atoms with Gasteiger partial charge in [0.05, 0.1) is 12.6 Å². The number of rotatable bonds is 2. The summed E-state index contributed by atoms with van der Waals surface area (Å²) >= 11 is 0. The van der Waals surface area contributed by atoms with Gasteiger partial charge in [-0.3, -0.25) is 0 Å². The molecule has 2 atom stereocenters. The van der Waals surface area contributed by atoms with Gasteiger partial charge in [-0.05, 0) is 18.9 Å². The summed E-state index contributed by atoms with van der Waals surface area (Å²) in [6, 6.07) is 1.39. The zero-order valence-electron chi connectivity index (χ0n) is 7.69. The van der Waals surface area contributed by atoms with Crippen LogP contribution in [0.3, 0.4) is 0 Å². The van der Waals surface area contributed by atoms with E-state index in [2.05, 4.69) is 15.3 Å². The van der Waals surface area contributed by atoms with Gasteiger partial charge in [-0.25, -0.2) is 14.4 Å². The third kappa shape index (κ3) is 2.17. The lowest BCUT2D eigenvalue weighted by molar-refractivity contribution is -0.0759. The van der Waals surface area contributed by atoms with E-state index in [1.807, 2.05) is 0 Å². The summed E-state index contributed by atoms with van der Waals surface area (Å²) in [5, 5.41) is 2.91. The Hall–Kier alpha value is -1.23. The van der Waals surface area contributed by atoms with Crippen LogP contribution in [0.2, 0.25) is 0 Å². The molecule has 76 valence electrons. The molecular weight excluding hydrogens is 185 g/mol. The Bertz CT molecular complexity index is 283. The maximum absolute atomic E-state index is 13.2. The topological polar surface area (TPSA) is 47.0 Å². The minimum Gasteiger partial charge on any atom is -0.347 e. The average molecular weight is 197 g/mol. The third-order valence-electron chi connectivity index (χ3n) is 2.13. The predicted octanol–water partition coefficient (Wildman–Crippen LogP) is 1.36. The van der Waals surface area contributed by atoms with Crippen LogP contribution in [0.5, 0.6) is 0 Å². The molecular formula is C9H12FN3O. The van der Waals surface area contributed by atoms with Crippen molar-refractivity contribution < 1.29 is 9.13 Å². The van der Waals surface area contributed by atoms with Crippen LogP contribution in [-0.4, -0.2) is 29.0 Å². The first kappa shape index (κ1) is 9.33. The van der Waals surface area contributed by atoms with E-state index < -0.39 is 6.36 Å². The highest BCUT2D eigenvalue weighted by atomic mass is 19.1. The van der Waals surface area contributed by atoms with E-state index in [1.165, 1.54) is 0 Å². The molecule has 0 radical (unpaired) electrons. The maximum atomic E-state index is 13.2. The molecule has 1 aliphatic rings. The van der Waals surface area contributed by atoms with Crippen LogP contribution in [0.25, 0.3) is 0 Å². The molecule has 1 aromatic heterocycles. The molecule has 14 heavy (non-hydrogen) atoms. The first-order chi connectivity index (χ1) is 6.86. The number of nitrogens with zero attached hydrogens (tertiary/aromatic N) is 2. The monoisotopic (exact) mass is 197 g/mol. The van der Waals surface area contributed by atoms with Gasteiger partial charge in [0.15, 0.2) is 0 Å². The molecule has 1 aliphatic heterocycles. The van der Waals surface area contributed by atoms with E-state index in [0.29, 0.717) is 12.6 Å². The van der Waals surface area contributed by atoms with Crippen molar-refractivity contribution in [2.24, 2.45) is 0 Å². The molecule has 1 N–H and O–H groups in total. The van der Waals surface area contributed by atoms with Gasteiger partial charge in [-0.1, -0.05) is 0 Å². The van der Waals surface area contributed by atoms with Crippen LogP contribution in [0.4, 0.5) is 10.3 Å². The number of ether oxygens (including phenoxy) is 1. The van der Waals surface area contributed by atoms with Gasteiger partial charge in [0.2, 0.25) is 12.3 Å². The molecule has 2 heterocycles. The normalized spacial score (nSPS) is 27.2. The largest absolute Gasteiger partial charge is 0.347 e. The Balaban J connectivity index is 1.96. The number of hydrogen-bond acceptors (Lipinski definition) is 4. The van der Waals surface area contributed by atoms with Gasteiger partial charge < -0.3 is 10.1 Å². The fourth-order valence-corrected chi connectivity index (χ4v) is 1.42. The molecule has 0 aliphatic carbocycles. The van der Waals surface area contributed by atoms with E-state index in [9.17, 15) is 4.39 Å².